The van der Waals surface area contributed by atoms with E-state index in [-0.39, 0.29) is 12.1 Å². The van der Waals surface area contributed by atoms with Gasteiger partial charge in [-0.1, -0.05) is 0 Å². The molecule has 3 heteroatoms. The van der Waals surface area contributed by atoms with E-state index in [1.807, 2.05) is 19.1 Å². The summed E-state index contributed by atoms with van der Waals surface area (Å²) in [5.41, 5.74) is 3.17. The van der Waals surface area contributed by atoms with Gasteiger partial charge in [0.25, 0.3) is 0 Å². The van der Waals surface area contributed by atoms with E-state index in [1.165, 1.54) is 0 Å². The monoisotopic (exact) mass is 144 g/mol. The summed E-state index contributed by atoms with van der Waals surface area (Å²) in [6.45, 7) is 0. The molecule has 1 aliphatic carbocycles. The van der Waals surface area contributed by atoms with Gasteiger partial charge in [0.15, 0.2) is 0 Å². The molecule has 1 saturated carbocycles. The number of aliphatic hydroxyl groups is 1. The first kappa shape index (κ1) is 7.98. The average molecular weight is 144 g/mol. The lowest BCUT2D eigenvalue weighted by Crippen LogP contribution is -2.43. The van der Waals surface area contributed by atoms with Gasteiger partial charge in [-0.2, -0.15) is 0 Å². The van der Waals surface area contributed by atoms with Crippen LogP contribution in [0.25, 0.3) is 0 Å². The van der Waals surface area contributed by atoms with E-state index in [1.54, 1.807) is 0 Å². The van der Waals surface area contributed by atoms with E-state index in [0.717, 1.165) is 19.3 Å². The third-order valence-corrected chi connectivity index (χ3v) is 1.90. The van der Waals surface area contributed by atoms with Crippen LogP contribution in [0.15, 0.2) is 0 Å². The molecule has 3 nitrogen and oxygen atoms in total. The lowest BCUT2D eigenvalue weighted by Gasteiger charge is -2.21. The Hall–Kier alpha value is -0.120. The highest BCUT2D eigenvalue weighted by atomic mass is 16.3. The van der Waals surface area contributed by atoms with Crippen LogP contribution in [-0.4, -0.2) is 36.4 Å². The molecule has 1 aliphatic rings. The maximum atomic E-state index is 9.35. The Labute approximate surface area is 62.0 Å². The average Bonchev–Trinajstić information content (AvgIpc) is 2.15. The molecule has 10 heavy (non-hydrogen) atoms. The predicted octanol–water partition coefficient (Wildman–Crippen LogP) is -0.0340. The minimum atomic E-state index is -0.137. The van der Waals surface area contributed by atoms with Crippen molar-refractivity contribution in [1.82, 2.24) is 10.4 Å². The fourth-order valence-corrected chi connectivity index (χ4v) is 1.42. The summed E-state index contributed by atoms with van der Waals surface area (Å²) >= 11 is 0. The van der Waals surface area contributed by atoms with Crippen LogP contribution < -0.4 is 5.43 Å². The molecular formula is C7H16N2O. The van der Waals surface area contributed by atoms with E-state index in [0.29, 0.717) is 0 Å². The summed E-state index contributed by atoms with van der Waals surface area (Å²) in [6.07, 6.45) is 3.06. The van der Waals surface area contributed by atoms with E-state index in [9.17, 15) is 5.11 Å². The number of hydrazine groups is 1. The standard InChI is InChI=1S/C7H16N2O/c1-9(2)8-6-4-3-5-7(6)10/h6-8,10H,3-5H2,1-2H3/t6-,7-/m1/s1. The van der Waals surface area contributed by atoms with Crippen LogP contribution in [-0.2, 0) is 0 Å². The van der Waals surface area contributed by atoms with E-state index in [2.05, 4.69) is 5.43 Å². The SMILES string of the molecule is CN(C)N[C@@H]1CCC[C@H]1O. The first-order chi connectivity index (χ1) is 4.70. The lowest BCUT2D eigenvalue weighted by atomic mass is 10.2. The van der Waals surface area contributed by atoms with Crippen molar-refractivity contribution in [2.45, 2.75) is 31.4 Å². The summed E-state index contributed by atoms with van der Waals surface area (Å²) in [4.78, 5) is 0. The predicted molar refractivity (Wildman–Crippen MR) is 40.5 cm³/mol. The Balaban J connectivity index is 2.26. The third kappa shape index (κ3) is 1.94. The Bertz CT molecular complexity index is 106. The highest BCUT2D eigenvalue weighted by Gasteiger charge is 2.24. The fraction of sp³-hybridized carbons (Fsp3) is 1.00. The van der Waals surface area contributed by atoms with Crippen LogP contribution in [0.5, 0.6) is 0 Å². The molecule has 0 amide bonds. The number of nitrogens with one attached hydrogen (secondary N) is 1. The maximum absolute atomic E-state index is 9.35. The van der Waals surface area contributed by atoms with Gasteiger partial charge in [-0.15, -0.1) is 0 Å². The molecule has 0 aromatic carbocycles. The molecule has 0 aliphatic heterocycles. The van der Waals surface area contributed by atoms with Crippen molar-refractivity contribution >= 4 is 0 Å². The van der Waals surface area contributed by atoms with Crippen molar-refractivity contribution in [2.75, 3.05) is 14.1 Å². The zero-order chi connectivity index (χ0) is 7.56. The number of rotatable bonds is 2. The fourth-order valence-electron chi connectivity index (χ4n) is 1.42. The van der Waals surface area contributed by atoms with Crippen molar-refractivity contribution < 1.29 is 5.11 Å². The molecule has 2 N–H and O–H groups in total. The van der Waals surface area contributed by atoms with Crippen molar-refractivity contribution in [3.8, 4) is 0 Å². The van der Waals surface area contributed by atoms with Gasteiger partial charge in [-0.05, 0) is 19.3 Å². The Kier molecular flexibility index (Phi) is 2.65. The van der Waals surface area contributed by atoms with Gasteiger partial charge < -0.3 is 5.11 Å². The van der Waals surface area contributed by atoms with E-state index >= 15 is 0 Å². The molecule has 0 radical (unpaired) electrons. The van der Waals surface area contributed by atoms with Crippen molar-refractivity contribution in [3.63, 3.8) is 0 Å². The second kappa shape index (κ2) is 3.32. The van der Waals surface area contributed by atoms with Crippen LogP contribution in [0.2, 0.25) is 0 Å². The summed E-state index contributed by atoms with van der Waals surface area (Å²) in [5.74, 6) is 0. The molecule has 0 heterocycles. The molecule has 1 fully saturated rings. The number of aliphatic hydroxyl groups excluding tert-OH is 1. The quantitative estimate of drug-likeness (QED) is 0.534. The normalized spacial score (nSPS) is 33.6. The second-order valence-corrected chi connectivity index (χ2v) is 3.13. The van der Waals surface area contributed by atoms with Crippen LogP contribution in [0, 0.1) is 0 Å². The van der Waals surface area contributed by atoms with Crippen molar-refractivity contribution in [2.24, 2.45) is 0 Å². The van der Waals surface area contributed by atoms with Gasteiger partial charge in [-0.3, -0.25) is 10.4 Å². The summed E-state index contributed by atoms with van der Waals surface area (Å²) in [5, 5.41) is 11.3. The molecule has 0 bridgehead atoms. The molecule has 0 aromatic rings. The van der Waals surface area contributed by atoms with Gasteiger partial charge in [0.2, 0.25) is 0 Å². The molecule has 2 atom stereocenters. The minimum Gasteiger partial charge on any atom is -0.391 e. The van der Waals surface area contributed by atoms with Gasteiger partial charge in [0.1, 0.15) is 0 Å². The zero-order valence-corrected chi connectivity index (χ0v) is 6.67. The van der Waals surface area contributed by atoms with Crippen LogP contribution in [0.1, 0.15) is 19.3 Å². The largest absolute Gasteiger partial charge is 0.391 e. The van der Waals surface area contributed by atoms with E-state index < -0.39 is 0 Å². The minimum absolute atomic E-state index is 0.137. The Morgan fingerprint density at radius 1 is 1.40 bits per heavy atom. The van der Waals surface area contributed by atoms with Crippen LogP contribution >= 0.6 is 0 Å². The Morgan fingerprint density at radius 2 is 2.10 bits per heavy atom. The number of hydrogen-bond acceptors (Lipinski definition) is 3. The molecule has 0 saturated heterocycles. The molecule has 60 valence electrons. The maximum Gasteiger partial charge on any atom is 0.0706 e. The summed E-state index contributed by atoms with van der Waals surface area (Å²) in [6, 6.07) is 0.287. The molecule has 1 rings (SSSR count). The number of hydrogen-bond donors (Lipinski definition) is 2. The molecule has 0 unspecified atom stereocenters. The van der Waals surface area contributed by atoms with Crippen LogP contribution in [0.4, 0.5) is 0 Å². The van der Waals surface area contributed by atoms with Crippen LogP contribution in [0.3, 0.4) is 0 Å². The van der Waals surface area contributed by atoms with Crippen molar-refractivity contribution in [1.29, 1.82) is 0 Å². The lowest BCUT2D eigenvalue weighted by molar-refractivity contribution is 0.109. The first-order valence-electron chi connectivity index (χ1n) is 3.81. The number of nitrogens with zero attached hydrogens (tertiary/aromatic N) is 1. The van der Waals surface area contributed by atoms with Gasteiger partial charge in [0, 0.05) is 20.1 Å². The second-order valence-electron chi connectivity index (χ2n) is 3.13. The third-order valence-electron chi connectivity index (χ3n) is 1.90. The van der Waals surface area contributed by atoms with Gasteiger partial charge in [-0.25, -0.2) is 0 Å². The summed E-state index contributed by atoms with van der Waals surface area (Å²) < 4.78 is 0. The smallest absolute Gasteiger partial charge is 0.0706 e. The van der Waals surface area contributed by atoms with Crippen molar-refractivity contribution in [3.05, 3.63) is 0 Å². The van der Waals surface area contributed by atoms with E-state index in [4.69, 9.17) is 0 Å². The Morgan fingerprint density at radius 3 is 2.50 bits per heavy atom. The highest BCUT2D eigenvalue weighted by Crippen LogP contribution is 2.18. The topological polar surface area (TPSA) is 35.5 Å². The molecular weight excluding hydrogens is 128 g/mol. The first-order valence-corrected chi connectivity index (χ1v) is 3.81. The highest BCUT2D eigenvalue weighted by molar-refractivity contribution is 4.80. The summed E-state index contributed by atoms with van der Waals surface area (Å²) in [7, 11) is 3.90. The molecule has 0 spiro atoms. The van der Waals surface area contributed by atoms with Gasteiger partial charge >= 0.3 is 0 Å². The van der Waals surface area contributed by atoms with Gasteiger partial charge in [0.05, 0.1) is 6.10 Å². The molecule has 0 aromatic heterocycles. The zero-order valence-electron chi connectivity index (χ0n) is 6.67.